The third-order valence-corrected chi connectivity index (χ3v) is 3.92. The quantitative estimate of drug-likeness (QED) is 0.240. The number of hydrogen-bond acceptors (Lipinski definition) is 2. The standard InChI is InChI=1S/C16H15IN4.2ClH/c17-14-9-13(16(20)21)8-7-11(14)4-1-10-2-5-12(6-3-10)15(18)19;;/h1-9H,(H3,18,19)(H3,20,21);2*1H/b4-1-;;. The predicted octanol–water partition coefficient (Wildman–Crippen LogP) is 3.87. The Morgan fingerprint density at radius 3 is 1.83 bits per heavy atom. The average Bonchev–Trinajstić information content (AvgIpc) is 2.46. The van der Waals surface area contributed by atoms with Crippen LogP contribution in [0.4, 0.5) is 0 Å². The number of nitrogens with two attached hydrogens (primary N) is 2. The number of halogens is 3. The highest BCUT2D eigenvalue weighted by Gasteiger charge is 2.01. The van der Waals surface area contributed by atoms with E-state index in [2.05, 4.69) is 22.6 Å². The summed E-state index contributed by atoms with van der Waals surface area (Å²) < 4.78 is 1.04. The second kappa shape index (κ2) is 9.54. The molecular formula is C16H17Cl2IN4. The van der Waals surface area contributed by atoms with Gasteiger partial charge in [0.1, 0.15) is 11.7 Å². The summed E-state index contributed by atoms with van der Waals surface area (Å²) in [6.07, 6.45) is 4.00. The largest absolute Gasteiger partial charge is 0.384 e. The van der Waals surface area contributed by atoms with Crippen LogP contribution >= 0.6 is 47.4 Å². The van der Waals surface area contributed by atoms with Gasteiger partial charge in [0, 0.05) is 14.7 Å². The second-order valence-corrected chi connectivity index (χ2v) is 5.68. The third kappa shape index (κ3) is 5.85. The van der Waals surface area contributed by atoms with Crippen molar-refractivity contribution in [2.45, 2.75) is 0 Å². The molecule has 0 heterocycles. The van der Waals surface area contributed by atoms with Gasteiger partial charge in [-0.2, -0.15) is 0 Å². The Bertz CT molecular complexity index is 727. The van der Waals surface area contributed by atoms with Gasteiger partial charge in [-0.1, -0.05) is 48.6 Å². The van der Waals surface area contributed by atoms with Gasteiger partial charge in [0.2, 0.25) is 0 Å². The van der Waals surface area contributed by atoms with Crippen LogP contribution in [-0.2, 0) is 0 Å². The Morgan fingerprint density at radius 1 is 0.826 bits per heavy atom. The van der Waals surface area contributed by atoms with Crippen LogP contribution in [0.25, 0.3) is 12.2 Å². The van der Waals surface area contributed by atoms with Gasteiger partial charge in [0.25, 0.3) is 0 Å². The number of hydrogen-bond donors (Lipinski definition) is 4. The van der Waals surface area contributed by atoms with Crippen molar-refractivity contribution in [3.63, 3.8) is 0 Å². The Hall–Kier alpha value is -1.57. The molecule has 0 aliphatic heterocycles. The first-order valence-corrected chi connectivity index (χ1v) is 7.32. The van der Waals surface area contributed by atoms with Gasteiger partial charge in [-0.25, -0.2) is 0 Å². The summed E-state index contributed by atoms with van der Waals surface area (Å²) in [4.78, 5) is 0. The first kappa shape index (κ1) is 21.4. The van der Waals surface area contributed by atoms with E-state index in [0.717, 1.165) is 20.3 Å². The molecule has 2 rings (SSSR count). The number of nitrogens with one attached hydrogen (secondary N) is 2. The summed E-state index contributed by atoms with van der Waals surface area (Å²) in [6, 6.07) is 13.2. The molecule has 0 radical (unpaired) electrons. The van der Waals surface area contributed by atoms with Crippen LogP contribution in [-0.4, -0.2) is 11.7 Å². The predicted molar refractivity (Wildman–Crippen MR) is 111 cm³/mol. The van der Waals surface area contributed by atoms with Crippen molar-refractivity contribution in [1.29, 1.82) is 10.8 Å². The van der Waals surface area contributed by atoms with E-state index in [1.807, 2.05) is 54.6 Å². The smallest absolute Gasteiger partial charge is 0.122 e. The summed E-state index contributed by atoms with van der Waals surface area (Å²) in [5.41, 5.74) is 14.4. The SMILES string of the molecule is Cl.Cl.N=C(N)c1ccc(/C=C\c2ccc(C(=N)N)cc2I)cc1. The number of nitrogen functional groups attached to an aromatic ring is 2. The maximum Gasteiger partial charge on any atom is 0.122 e. The summed E-state index contributed by atoms with van der Waals surface area (Å²) in [5, 5.41) is 14.8. The Labute approximate surface area is 161 Å². The van der Waals surface area contributed by atoms with Crippen LogP contribution in [0.15, 0.2) is 42.5 Å². The molecule has 4 nitrogen and oxygen atoms in total. The lowest BCUT2D eigenvalue weighted by Gasteiger charge is -2.03. The maximum absolute atomic E-state index is 7.42. The third-order valence-electron chi connectivity index (χ3n) is 2.99. The minimum absolute atomic E-state index is 0. The molecule has 0 saturated carbocycles. The fourth-order valence-corrected chi connectivity index (χ4v) is 2.48. The van der Waals surface area contributed by atoms with Gasteiger partial charge in [-0.3, -0.25) is 10.8 Å². The Morgan fingerprint density at radius 2 is 1.35 bits per heavy atom. The van der Waals surface area contributed by atoms with Crippen LogP contribution < -0.4 is 11.5 Å². The molecule has 0 unspecified atom stereocenters. The van der Waals surface area contributed by atoms with Crippen LogP contribution in [0, 0.1) is 14.4 Å². The van der Waals surface area contributed by atoms with Gasteiger partial charge in [-0.05, 0) is 39.8 Å². The maximum atomic E-state index is 7.42. The van der Waals surface area contributed by atoms with E-state index in [1.54, 1.807) is 0 Å². The van der Waals surface area contributed by atoms with Crippen LogP contribution in [0.2, 0.25) is 0 Å². The molecule has 23 heavy (non-hydrogen) atoms. The molecule has 2 aromatic carbocycles. The number of benzene rings is 2. The van der Waals surface area contributed by atoms with Crippen molar-refractivity contribution in [2.75, 3.05) is 0 Å². The first-order chi connectivity index (χ1) is 9.97. The molecule has 122 valence electrons. The van der Waals surface area contributed by atoms with E-state index in [0.29, 0.717) is 5.56 Å². The topological polar surface area (TPSA) is 99.7 Å². The van der Waals surface area contributed by atoms with E-state index in [1.165, 1.54) is 0 Å². The van der Waals surface area contributed by atoms with Crippen LogP contribution in [0.1, 0.15) is 22.3 Å². The fraction of sp³-hybridized carbons (Fsp3) is 0. The molecule has 2 aromatic rings. The molecule has 0 amide bonds. The fourth-order valence-electron chi connectivity index (χ4n) is 1.79. The number of rotatable bonds is 4. The van der Waals surface area contributed by atoms with Crippen molar-refractivity contribution in [3.05, 3.63) is 68.3 Å². The lowest BCUT2D eigenvalue weighted by Crippen LogP contribution is -2.11. The molecule has 0 spiro atoms. The van der Waals surface area contributed by atoms with Crippen LogP contribution in [0.5, 0.6) is 0 Å². The average molecular weight is 463 g/mol. The molecule has 0 saturated heterocycles. The summed E-state index contributed by atoms with van der Waals surface area (Å²) in [7, 11) is 0. The highest BCUT2D eigenvalue weighted by atomic mass is 127. The van der Waals surface area contributed by atoms with E-state index < -0.39 is 0 Å². The zero-order valence-electron chi connectivity index (χ0n) is 12.0. The monoisotopic (exact) mass is 462 g/mol. The highest BCUT2D eigenvalue weighted by molar-refractivity contribution is 14.1. The van der Waals surface area contributed by atoms with Gasteiger partial charge >= 0.3 is 0 Å². The summed E-state index contributed by atoms with van der Waals surface area (Å²) in [6.45, 7) is 0. The van der Waals surface area contributed by atoms with Crippen molar-refractivity contribution in [2.24, 2.45) is 11.5 Å². The van der Waals surface area contributed by atoms with E-state index in [9.17, 15) is 0 Å². The molecular weight excluding hydrogens is 446 g/mol. The molecule has 0 fully saturated rings. The van der Waals surface area contributed by atoms with Crippen molar-refractivity contribution in [1.82, 2.24) is 0 Å². The van der Waals surface area contributed by atoms with Crippen molar-refractivity contribution >= 4 is 71.2 Å². The molecule has 6 N–H and O–H groups in total. The van der Waals surface area contributed by atoms with Gasteiger partial charge in [0.15, 0.2) is 0 Å². The zero-order chi connectivity index (χ0) is 15.4. The summed E-state index contributed by atoms with van der Waals surface area (Å²) >= 11 is 2.23. The Balaban J connectivity index is 0.00000242. The molecule has 0 aromatic heterocycles. The molecule has 0 bridgehead atoms. The van der Waals surface area contributed by atoms with Gasteiger partial charge in [0.05, 0.1) is 0 Å². The zero-order valence-corrected chi connectivity index (χ0v) is 15.8. The minimum atomic E-state index is 0. The minimum Gasteiger partial charge on any atom is -0.384 e. The van der Waals surface area contributed by atoms with Crippen molar-refractivity contribution < 1.29 is 0 Å². The lowest BCUT2D eigenvalue weighted by atomic mass is 10.1. The highest BCUT2D eigenvalue weighted by Crippen LogP contribution is 2.17. The first-order valence-electron chi connectivity index (χ1n) is 6.24. The molecule has 0 aliphatic carbocycles. The molecule has 0 atom stereocenters. The van der Waals surface area contributed by atoms with E-state index in [-0.39, 0.29) is 36.5 Å². The Kier molecular flexibility index (Phi) is 8.89. The van der Waals surface area contributed by atoms with E-state index in [4.69, 9.17) is 22.3 Å². The lowest BCUT2D eigenvalue weighted by molar-refractivity contribution is 1.41. The normalized spacial score (nSPS) is 9.78. The summed E-state index contributed by atoms with van der Waals surface area (Å²) in [5.74, 6) is 0.142. The second-order valence-electron chi connectivity index (χ2n) is 4.52. The van der Waals surface area contributed by atoms with Crippen LogP contribution in [0.3, 0.4) is 0 Å². The van der Waals surface area contributed by atoms with Crippen molar-refractivity contribution in [3.8, 4) is 0 Å². The van der Waals surface area contributed by atoms with Gasteiger partial charge in [-0.15, -0.1) is 24.8 Å². The molecule has 0 aliphatic rings. The number of amidine groups is 2. The molecule has 7 heteroatoms. The van der Waals surface area contributed by atoms with E-state index >= 15 is 0 Å². The van der Waals surface area contributed by atoms with Gasteiger partial charge < -0.3 is 11.5 Å².